The predicted molar refractivity (Wildman–Crippen MR) is 35.2 cm³/mol. The largest absolute Gasteiger partial charge is 0.393 e. The van der Waals surface area contributed by atoms with Crippen molar-refractivity contribution < 1.29 is 20.0 Å². The summed E-state index contributed by atoms with van der Waals surface area (Å²) in [7, 11) is 0. The van der Waals surface area contributed by atoms with Gasteiger partial charge in [0.25, 0.3) is 0 Å². The summed E-state index contributed by atoms with van der Waals surface area (Å²) < 4.78 is 0. The molecule has 0 radical (unpaired) electrons. The summed E-state index contributed by atoms with van der Waals surface area (Å²) in [6, 6.07) is 0. The third kappa shape index (κ3) is 4.39. The Kier molecular flexibility index (Phi) is 3.91. The Balaban J connectivity index is 4.04. The molecule has 8 nitrogen and oxygen atoms in total. The average Bonchev–Trinajstić information content (AvgIpc) is 1.83. The molecular weight excluding hydrogens is 172 g/mol. The summed E-state index contributed by atoms with van der Waals surface area (Å²) in [4.78, 5) is 22.5. The molecule has 2 unspecified atom stereocenters. The van der Waals surface area contributed by atoms with E-state index in [1.807, 2.05) is 0 Å². The Labute approximate surface area is 67.0 Å². The maximum atomic E-state index is 10.0. The number of nitrogens with zero attached hydrogens (tertiary/aromatic N) is 2. The van der Waals surface area contributed by atoms with Gasteiger partial charge in [0.1, 0.15) is 0 Å². The molecule has 0 bridgehead atoms. The van der Waals surface area contributed by atoms with Crippen molar-refractivity contribution in [2.24, 2.45) is 0 Å². The number of nitro groups is 1. The zero-order valence-corrected chi connectivity index (χ0v) is 6.24. The van der Waals surface area contributed by atoms with Crippen LogP contribution in [0.3, 0.4) is 0 Å². The minimum atomic E-state index is -1.79. The van der Waals surface area contributed by atoms with Crippen molar-refractivity contribution >= 4 is 0 Å². The number of hydrogen-bond acceptors (Lipinski definition) is 6. The van der Waals surface area contributed by atoms with Crippen molar-refractivity contribution in [1.29, 1.82) is 0 Å². The molecule has 0 aliphatic heterocycles. The summed E-state index contributed by atoms with van der Waals surface area (Å²) in [5.74, 6) is 0. The molecule has 0 amide bonds. The van der Waals surface area contributed by atoms with E-state index in [1.165, 1.54) is 6.92 Å². The van der Waals surface area contributed by atoms with Crippen molar-refractivity contribution in [2.75, 3.05) is 0 Å². The van der Waals surface area contributed by atoms with Crippen LogP contribution in [0.25, 0.3) is 0 Å². The standard InChI is InChI=1S/C4H8N2O6/c1-3(7)2-4(5(8)9)12-6(10)11/h3-4,7H,2H2,1H3. The van der Waals surface area contributed by atoms with Crippen LogP contribution in [-0.4, -0.2) is 27.4 Å². The molecule has 8 heteroatoms. The van der Waals surface area contributed by atoms with Crippen LogP contribution in [0, 0.1) is 20.2 Å². The fourth-order valence-electron chi connectivity index (χ4n) is 0.559. The molecule has 0 aromatic heterocycles. The summed E-state index contributed by atoms with van der Waals surface area (Å²) >= 11 is 0. The normalized spacial score (nSPS) is 14.8. The van der Waals surface area contributed by atoms with Crippen molar-refractivity contribution in [3.05, 3.63) is 20.2 Å². The van der Waals surface area contributed by atoms with E-state index in [-0.39, 0.29) is 0 Å². The van der Waals surface area contributed by atoms with Crippen LogP contribution in [0.1, 0.15) is 13.3 Å². The first-order valence-corrected chi connectivity index (χ1v) is 3.06. The number of rotatable bonds is 5. The first-order chi connectivity index (χ1) is 5.43. The van der Waals surface area contributed by atoms with Gasteiger partial charge in [0.15, 0.2) is 0 Å². The maximum Gasteiger partial charge on any atom is 0.357 e. The topological polar surface area (TPSA) is 116 Å². The average molecular weight is 180 g/mol. The Morgan fingerprint density at radius 1 is 1.50 bits per heavy atom. The highest BCUT2D eigenvalue weighted by Gasteiger charge is 2.26. The molecule has 1 N–H and O–H groups in total. The SMILES string of the molecule is CC(O)CC(O[N+](=O)[O-])[N+](=O)[O-]. The van der Waals surface area contributed by atoms with Gasteiger partial charge < -0.3 is 5.11 Å². The molecule has 70 valence electrons. The van der Waals surface area contributed by atoms with Crippen LogP contribution in [0.15, 0.2) is 0 Å². The van der Waals surface area contributed by atoms with Gasteiger partial charge in [-0.15, -0.1) is 10.1 Å². The van der Waals surface area contributed by atoms with Gasteiger partial charge in [-0.2, -0.15) is 0 Å². The third-order valence-corrected chi connectivity index (χ3v) is 0.986. The summed E-state index contributed by atoms with van der Waals surface area (Å²) in [5, 5.41) is 27.2. The summed E-state index contributed by atoms with van der Waals surface area (Å²) in [6.07, 6.45) is -3.21. The Morgan fingerprint density at radius 2 is 2.00 bits per heavy atom. The second-order valence-corrected chi connectivity index (χ2v) is 2.15. The van der Waals surface area contributed by atoms with E-state index in [0.29, 0.717) is 0 Å². The van der Waals surface area contributed by atoms with E-state index >= 15 is 0 Å². The van der Waals surface area contributed by atoms with Gasteiger partial charge in [0.05, 0.1) is 17.4 Å². The van der Waals surface area contributed by atoms with Crippen molar-refractivity contribution in [3.8, 4) is 0 Å². The zero-order valence-electron chi connectivity index (χ0n) is 6.24. The van der Waals surface area contributed by atoms with Crippen LogP contribution in [-0.2, 0) is 4.84 Å². The summed E-state index contributed by atoms with van der Waals surface area (Å²) in [6.45, 7) is 1.28. The van der Waals surface area contributed by atoms with Gasteiger partial charge in [-0.25, -0.2) is 4.84 Å². The molecular formula is C4H8N2O6. The summed E-state index contributed by atoms with van der Waals surface area (Å²) in [5.41, 5.74) is 0. The molecule has 12 heavy (non-hydrogen) atoms. The van der Waals surface area contributed by atoms with Gasteiger partial charge in [-0.3, -0.25) is 10.1 Å². The monoisotopic (exact) mass is 180 g/mol. The van der Waals surface area contributed by atoms with E-state index in [2.05, 4.69) is 4.84 Å². The molecule has 0 fully saturated rings. The zero-order chi connectivity index (χ0) is 9.72. The van der Waals surface area contributed by atoms with E-state index < -0.39 is 28.8 Å². The van der Waals surface area contributed by atoms with Crippen molar-refractivity contribution in [2.45, 2.75) is 25.7 Å². The lowest BCUT2D eigenvalue weighted by molar-refractivity contribution is -0.826. The minimum Gasteiger partial charge on any atom is -0.393 e. The maximum absolute atomic E-state index is 10.0. The lowest BCUT2D eigenvalue weighted by atomic mass is 10.3. The van der Waals surface area contributed by atoms with Gasteiger partial charge in [-0.05, 0) is 6.92 Å². The molecule has 0 saturated carbocycles. The highest BCUT2D eigenvalue weighted by Crippen LogP contribution is 2.03. The van der Waals surface area contributed by atoms with E-state index in [0.717, 1.165) is 0 Å². The molecule has 0 aliphatic rings. The smallest absolute Gasteiger partial charge is 0.357 e. The van der Waals surface area contributed by atoms with Gasteiger partial charge in [0.2, 0.25) is 0 Å². The molecule has 0 aromatic carbocycles. The van der Waals surface area contributed by atoms with Crippen molar-refractivity contribution in [1.82, 2.24) is 0 Å². The predicted octanol–water partition coefficient (Wildman–Crippen LogP) is -0.432. The Hall–Kier alpha value is -1.44. The second-order valence-electron chi connectivity index (χ2n) is 2.15. The van der Waals surface area contributed by atoms with Crippen molar-refractivity contribution in [3.63, 3.8) is 0 Å². The highest BCUT2D eigenvalue weighted by atomic mass is 17.0. The first kappa shape index (κ1) is 10.6. The molecule has 0 saturated heterocycles. The quantitative estimate of drug-likeness (QED) is 0.348. The minimum absolute atomic E-state index is 0.409. The lowest BCUT2D eigenvalue weighted by Crippen LogP contribution is -2.29. The molecule has 2 atom stereocenters. The molecule has 0 aromatic rings. The fraction of sp³-hybridized carbons (Fsp3) is 1.00. The van der Waals surface area contributed by atoms with E-state index in [9.17, 15) is 20.2 Å². The van der Waals surface area contributed by atoms with Crippen LogP contribution in [0.4, 0.5) is 0 Å². The van der Waals surface area contributed by atoms with Gasteiger partial charge >= 0.3 is 11.3 Å². The third-order valence-electron chi connectivity index (χ3n) is 0.986. The highest BCUT2D eigenvalue weighted by molar-refractivity contribution is 4.48. The van der Waals surface area contributed by atoms with Crippen LogP contribution in [0.5, 0.6) is 0 Å². The van der Waals surface area contributed by atoms with Gasteiger partial charge in [0, 0.05) is 0 Å². The Bertz CT molecular complexity index is 180. The number of aliphatic hydroxyl groups excluding tert-OH is 1. The first-order valence-electron chi connectivity index (χ1n) is 3.06. The number of hydrogen-bond donors (Lipinski definition) is 1. The van der Waals surface area contributed by atoms with E-state index in [4.69, 9.17) is 5.11 Å². The fourth-order valence-corrected chi connectivity index (χ4v) is 0.559. The Morgan fingerprint density at radius 3 is 2.25 bits per heavy atom. The van der Waals surface area contributed by atoms with Crippen LogP contribution < -0.4 is 0 Å². The van der Waals surface area contributed by atoms with E-state index in [1.54, 1.807) is 0 Å². The molecule has 0 rings (SSSR count). The molecule has 0 aliphatic carbocycles. The molecule has 0 spiro atoms. The second kappa shape index (κ2) is 4.44. The molecule has 0 heterocycles. The van der Waals surface area contributed by atoms with Crippen LogP contribution >= 0.6 is 0 Å². The van der Waals surface area contributed by atoms with Gasteiger partial charge in [-0.1, -0.05) is 0 Å². The van der Waals surface area contributed by atoms with Crippen LogP contribution in [0.2, 0.25) is 0 Å². The number of aliphatic hydroxyl groups is 1. The lowest BCUT2D eigenvalue weighted by Gasteiger charge is -2.07.